The third kappa shape index (κ3) is 7.82. The molecule has 3 aromatic carbocycles. The molecule has 0 aliphatic heterocycles. The number of phenols is 1. The Labute approximate surface area is 226 Å². The molecule has 1 atom stereocenters. The van der Waals surface area contributed by atoms with Crippen LogP contribution in [0.25, 0.3) is 0 Å². The number of aromatic hydroxyl groups is 1. The van der Waals surface area contributed by atoms with E-state index in [1.165, 1.54) is 41.1 Å². The molecule has 3 N–H and O–H groups in total. The lowest BCUT2D eigenvalue weighted by Crippen LogP contribution is -2.40. The van der Waals surface area contributed by atoms with E-state index in [2.05, 4.69) is 0 Å². The lowest BCUT2D eigenvalue weighted by atomic mass is 10.3. The van der Waals surface area contributed by atoms with Crippen molar-refractivity contribution in [3.63, 3.8) is 0 Å². The van der Waals surface area contributed by atoms with E-state index < -0.39 is 58.2 Å². The van der Waals surface area contributed by atoms with Gasteiger partial charge in [0.05, 0.1) is 11.4 Å². The number of hydroxylamine groups is 1. The van der Waals surface area contributed by atoms with Gasteiger partial charge in [-0.3, -0.25) is 10.0 Å². The van der Waals surface area contributed by atoms with Crippen LogP contribution in [0.3, 0.4) is 0 Å². The Balaban J connectivity index is 1.75. The zero-order chi connectivity index (χ0) is 28.0. The van der Waals surface area contributed by atoms with Crippen LogP contribution in [0.2, 0.25) is 5.02 Å². The minimum atomic E-state index is -2.28. The smallest absolute Gasteiger partial charge is 0.258 e. The molecule has 0 aliphatic rings. The highest BCUT2D eigenvalue weighted by Crippen LogP contribution is 2.31. The summed E-state index contributed by atoms with van der Waals surface area (Å²) in [7, 11) is -0.745. The standard InChI is InChI=1S/C23H20ClF4N3O5S2/c1-30(37-15-8-17(25)22(33)18(26)9-15)6-7-31(12-21(32)29-34)38(35)16-10-19(27)23(20(28)11-16)36-14-4-2-13(24)3-5-14/h2-5,8-11,33-34H,6-7,12H2,1H3,(H,29,32). The van der Waals surface area contributed by atoms with E-state index in [4.69, 9.17) is 21.5 Å². The van der Waals surface area contributed by atoms with E-state index in [0.717, 1.165) is 40.5 Å². The summed E-state index contributed by atoms with van der Waals surface area (Å²) < 4.78 is 77.5. The molecular weight excluding hydrogens is 574 g/mol. The molecule has 0 bridgehead atoms. The molecular formula is C23H20ClF4N3O5S2. The van der Waals surface area contributed by atoms with E-state index >= 15 is 0 Å². The van der Waals surface area contributed by atoms with Gasteiger partial charge >= 0.3 is 0 Å². The van der Waals surface area contributed by atoms with Crippen molar-refractivity contribution in [3.8, 4) is 17.2 Å². The van der Waals surface area contributed by atoms with Gasteiger partial charge in [0.15, 0.2) is 34.8 Å². The van der Waals surface area contributed by atoms with Gasteiger partial charge in [0.1, 0.15) is 16.7 Å². The summed E-state index contributed by atoms with van der Waals surface area (Å²) in [6.45, 7) is -0.711. The number of carbonyl (C=O) groups is 1. The molecule has 0 aromatic heterocycles. The molecule has 0 fully saturated rings. The van der Waals surface area contributed by atoms with Crippen molar-refractivity contribution in [2.75, 3.05) is 26.7 Å². The molecule has 0 aliphatic carbocycles. The SMILES string of the molecule is CN(CCN(CC(=O)NO)S(=O)c1cc(F)c(Oc2ccc(Cl)cc2)c(F)c1)Sc1cc(F)c(O)c(F)c1. The van der Waals surface area contributed by atoms with Crippen LogP contribution in [-0.2, 0) is 15.8 Å². The van der Waals surface area contributed by atoms with E-state index in [9.17, 15) is 31.7 Å². The maximum absolute atomic E-state index is 14.7. The number of halogens is 5. The molecule has 204 valence electrons. The Hall–Kier alpha value is -2.88. The summed E-state index contributed by atoms with van der Waals surface area (Å²) in [5.41, 5.74) is 1.39. The van der Waals surface area contributed by atoms with Crippen LogP contribution in [0, 0.1) is 23.3 Å². The first kappa shape index (κ1) is 29.7. The van der Waals surface area contributed by atoms with E-state index in [1.807, 2.05) is 0 Å². The van der Waals surface area contributed by atoms with Gasteiger partial charge in [0.2, 0.25) is 0 Å². The van der Waals surface area contributed by atoms with E-state index in [1.54, 1.807) is 0 Å². The minimum Gasteiger partial charge on any atom is -0.503 e. The fourth-order valence-corrected chi connectivity index (χ4v) is 5.15. The zero-order valence-electron chi connectivity index (χ0n) is 19.5. The van der Waals surface area contributed by atoms with Gasteiger partial charge < -0.3 is 9.84 Å². The lowest BCUT2D eigenvalue weighted by molar-refractivity contribution is -0.129. The summed E-state index contributed by atoms with van der Waals surface area (Å²) in [5.74, 6) is -7.31. The second-order valence-electron chi connectivity index (χ2n) is 7.60. The van der Waals surface area contributed by atoms with Gasteiger partial charge in [-0.15, -0.1) is 0 Å². The molecule has 8 nitrogen and oxygen atoms in total. The van der Waals surface area contributed by atoms with Crippen molar-refractivity contribution < 1.29 is 41.6 Å². The summed E-state index contributed by atoms with van der Waals surface area (Å²) in [5, 5.41) is 18.5. The van der Waals surface area contributed by atoms with Crippen LogP contribution in [0.4, 0.5) is 17.6 Å². The number of likely N-dealkylation sites (N-methyl/N-ethyl adjacent to an activating group) is 1. The highest BCUT2D eigenvalue weighted by molar-refractivity contribution is 7.97. The summed E-state index contributed by atoms with van der Waals surface area (Å²) in [6, 6.07) is 9.12. The number of rotatable bonds is 11. The van der Waals surface area contributed by atoms with Crippen molar-refractivity contribution in [2.45, 2.75) is 9.79 Å². The van der Waals surface area contributed by atoms with Crippen LogP contribution in [-0.4, -0.2) is 55.7 Å². The number of nitrogens with one attached hydrogen (secondary N) is 1. The summed E-state index contributed by atoms with van der Waals surface area (Å²) in [6.07, 6.45) is 0. The number of hydrogen-bond acceptors (Lipinski definition) is 7. The quantitative estimate of drug-likeness (QED) is 0.126. The molecule has 1 unspecified atom stereocenters. The van der Waals surface area contributed by atoms with Crippen LogP contribution in [0.5, 0.6) is 17.2 Å². The van der Waals surface area contributed by atoms with Gasteiger partial charge in [0.25, 0.3) is 5.91 Å². The fourth-order valence-electron chi connectivity index (χ4n) is 2.99. The number of ether oxygens (including phenoxy) is 1. The second kappa shape index (κ2) is 13.3. The fraction of sp³-hybridized carbons (Fsp3) is 0.174. The monoisotopic (exact) mass is 593 g/mol. The first-order valence-corrected chi connectivity index (χ1v) is 12.8. The van der Waals surface area contributed by atoms with Crippen LogP contribution in [0.15, 0.2) is 58.3 Å². The lowest BCUT2D eigenvalue weighted by Gasteiger charge is -2.23. The van der Waals surface area contributed by atoms with Crippen molar-refractivity contribution in [1.82, 2.24) is 14.1 Å². The first-order chi connectivity index (χ1) is 18.0. The number of hydrogen-bond donors (Lipinski definition) is 3. The molecule has 0 saturated carbocycles. The van der Waals surface area contributed by atoms with E-state index in [0.29, 0.717) is 5.02 Å². The molecule has 0 spiro atoms. The Morgan fingerprint density at radius 2 is 1.61 bits per heavy atom. The average Bonchev–Trinajstić information content (AvgIpc) is 2.87. The highest BCUT2D eigenvalue weighted by Gasteiger charge is 2.23. The van der Waals surface area contributed by atoms with Gasteiger partial charge in [-0.1, -0.05) is 11.6 Å². The minimum absolute atomic E-state index is 0.0436. The van der Waals surface area contributed by atoms with Crippen molar-refractivity contribution in [3.05, 3.63) is 76.8 Å². The van der Waals surface area contributed by atoms with Crippen LogP contribution < -0.4 is 10.2 Å². The van der Waals surface area contributed by atoms with Gasteiger partial charge in [-0.2, -0.15) is 0 Å². The number of phenolic OH excluding ortho intramolecular Hbond substituents is 1. The number of benzene rings is 3. The number of carbonyl (C=O) groups excluding carboxylic acids is 1. The second-order valence-corrected chi connectivity index (χ2v) is 10.8. The zero-order valence-corrected chi connectivity index (χ0v) is 21.8. The molecule has 3 aromatic rings. The Kier molecular flexibility index (Phi) is 10.4. The van der Waals surface area contributed by atoms with Gasteiger partial charge in [0, 0.05) is 23.0 Å². The largest absolute Gasteiger partial charge is 0.503 e. The molecule has 0 saturated heterocycles. The van der Waals surface area contributed by atoms with Crippen LogP contribution >= 0.6 is 23.5 Å². The first-order valence-electron chi connectivity index (χ1n) is 10.6. The molecule has 38 heavy (non-hydrogen) atoms. The third-order valence-corrected chi connectivity index (χ3v) is 7.41. The topological polar surface area (TPSA) is 102 Å². The Morgan fingerprint density at radius 3 is 2.16 bits per heavy atom. The molecule has 15 heteroatoms. The Bertz CT molecular complexity index is 1290. The molecule has 0 radical (unpaired) electrons. The van der Waals surface area contributed by atoms with Crippen molar-refractivity contribution in [2.24, 2.45) is 0 Å². The maximum Gasteiger partial charge on any atom is 0.258 e. The number of amides is 1. The highest BCUT2D eigenvalue weighted by atomic mass is 35.5. The molecule has 0 heterocycles. The van der Waals surface area contributed by atoms with Crippen LogP contribution in [0.1, 0.15) is 0 Å². The summed E-state index contributed by atoms with van der Waals surface area (Å²) >= 11 is 6.67. The number of nitrogens with zero attached hydrogens (tertiary/aromatic N) is 2. The molecule has 3 rings (SSSR count). The van der Waals surface area contributed by atoms with Crippen molar-refractivity contribution >= 4 is 40.4 Å². The summed E-state index contributed by atoms with van der Waals surface area (Å²) in [4.78, 5) is 11.6. The van der Waals surface area contributed by atoms with E-state index in [-0.39, 0.29) is 28.6 Å². The average molecular weight is 594 g/mol. The van der Waals surface area contributed by atoms with Gasteiger partial charge in [-0.05, 0) is 67.5 Å². The molecule has 1 amide bonds. The maximum atomic E-state index is 14.7. The Morgan fingerprint density at radius 1 is 1.03 bits per heavy atom. The predicted molar refractivity (Wildman–Crippen MR) is 132 cm³/mol. The van der Waals surface area contributed by atoms with Crippen molar-refractivity contribution in [1.29, 1.82) is 0 Å². The predicted octanol–water partition coefficient (Wildman–Crippen LogP) is 4.86. The normalized spacial score (nSPS) is 12.1. The van der Waals surface area contributed by atoms with Gasteiger partial charge in [-0.25, -0.2) is 35.9 Å². The third-order valence-electron chi connectivity index (χ3n) is 4.80.